The lowest BCUT2D eigenvalue weighted by atomic mass is 10.2. The molecule has 33 heavy (non-hydrogen) atoms. The van der Waals surface area contributed by atoms with Gasteiger partial charge in [0.2, 0.25) is 5.95 Å². The molecule has 0 radical (unpaired) electrons. The number of sulfonamides is 1. The molecule has 3 aromatic rings. The fourth-order valence-corrected chi connectivity index (χ4v) is 4.87. The summed E-state index contributed by atoms with van der Waals surface area (Å²) in [6, 6.07) is 13.3. The second-order valence-electron chi connectivity index (χ2n) is 7.28. The van der Waals surface area contributed by atoms with E-state index in [9.17, 15) is 13.6 Å². The second-order valence-corrected chi connectivity index (χ2v) is 9.22. The number of rotatable bonds is 6. The summed E-state index contributed by atoms with van der Waals surface area (Å²) in [5.74, 6) is 0.562. The van der Waals surface area contributed by atoms with E-state index in [1.54, 1.807) is 55.7 Å². The number of aromatic nitrogens is 2. The highest BCUT2D eigenvalue weighted by atomic mass is 32.3. The summed E-state index contributed by atoms with van der Waals surface area (Å²) in [5, 5.41) is 8.85. The van der Waals surface area contributed by atoms with Crippen molar-refractivity contribution < 1.29 is 18.3 Å². The molecule has 1 amide bonds. The van der Waals surface area contributed by atoms with Gasteiger partial charge in [-0.25, -0.2) is 9.97 Å². The largest absolute Gasteiger partial charge is 0.593 e. The minimum absolute atomic E-state index is 0.0807. The maximum absolute atomic E-state index is 13.3. The van der Waals surface area contributed by atoms with Gasteiger partial charge in [-0.15, -0.1) is 4.31 Å². The predicted molar refractivity (Wildman–Crippen MR) is 124 cm³/mol. The van der Waals surface area contributed by atoms with Gasteiger partial charge in [-0.2, -0.15) is 0 Å². The van der Waals surface area contributed by atoms with Crippen LogP contribution in [0.15, 0.2) is 59.6 Å². The standard InChI is InChI=1S/C22H24N6O4S/c1-23-21(29)15-5-3-6-16(11-15)26-22-25-13-19-20(27-22)14-28(10-9-24-19)33(30,31)18-8-4-7-17(12-18)32-2/h3-8,11-13,24H,9-10,14H2,1-2H3,(H2-,23,25,26,27,29,30,31). The summed E-state index contributed by atoms with van der Waals surface area (Å²) < 4.78 is 33.1. The molecule has 0 spiro atoms. The van der Waals surface area contributed by atoms with Crippen LogP contribution in [-0.2, 0) is 21.2 Å². The van der Waals surface area contributed by atoms with Gasteiger partial charge in [0.15, 0.2) is 15.3 Å². The third kappa shape index (κ3) is 4.95. The maximum atomic E-state index is 13.3. The average Bonchev–Trinajstić information content (AvgIpc) is 3.06. The Labute approximate surface area is 192 Å². The third-order valence-electron chi connectivity index (χ3n) is 5.16. The Kier molecular flexibility index (Phi) is 6.54. The van der Waals surface area contributed by atoms with Crippen LogP contribution in [0, 0.1) is 0 Å². The Hall–Kier alpha value is -3.54. The van der Waals surface area contributed by atoms with Crippen molar-refractivity contribution in [1.82, 2.24) is 19.6 Å². The Morgan fingerprint density at radius 3 is 2.85 bits per heavy atom. The number of fused-ring (bicyclic) bond motifs is 1. The van der Waals surface area contributed by atoms with Crippen LogP contribution in [0.5, 0.6) is 5.75 Å². The van der Waals surface area contributed by atoms with E-state index in [0.29, 0.717) is 40.9 Å². The number of nitrogens with zero attached hydrogens (tertiary/aromatic N) is 3. The van der Waals surface area contributed by atoms with E-state index in [4.69, 9.17) is 4.74 Å². The van der Waals surface area contributed by atoms with Crippen LogP contribution in [0.3, 0.4) is 0 Å². The van der Waals surface area contributed by atoms with Crippen LogP contribution < -0.4 is 20.7 Å². The SMILES string of the molecule is CNC(=O)c1cccc(Nc2ncc3c(n2)CN([S+](=O)([O-])c2cccc(OC)c2)CCN3)c1. The number of anilines is 3. The van der Waals surface area contributed by atoms with E-state index in [1.165, 1.54) is 17.5 Å². The number of nitrogens with one attached hydrogen (secondary N) is 3. The van der Waals surface area contributed by atoms with Gasteiger partial charge in [-0.05, 0) is 30.3 Å². The highest BCUT2D eigenvalue weighted by Gasteiger charge is 2.33. The molecule has 1 aliphatic rings. The summed E-state index contributed by atoms with van der Waals surface area (Å²) in [6.07, 6.45) is 1.62. The van der Waals surface area contributed by atoms with E-state index in [-0.39, 0.29) is 23.9 Å². The van der Waals surface area contributed by atoms with Crippen molar-refractivity contribution >= 4 is 33.6 Å². The van der Waals surface area contributed by atoms with Crippen molar-refractivity contribution in [1.29, 1.82) is 0 Å². The van der Waals surface area contributed by atoms with E-state index in [1.807, 2.05) is 0 Å². The van der Waals surface area contributed by atoms with Crippen LogP contribution in [0.2, 0.25) is 0 Å². The van der Waals surface area contributed by atoms with E-state index in [0.717, 1.165) is 0 Å². The molecule has 1 aromatic heterocycles. The summed E-state index contributed by atoms with van der Waals surface area (Å²) >= 11 is 0. The van der Waals surface area contributed by atoms with E-state index >= 15 is 0 Å². The molecular weight excluding hydrogens is 444 g/mol. The highest BCUT2D eigenvalue weighted by Crippen LogP contribution is 2.29. The molecule has 3 N–H and O–H groups in total. The number of ether oxygens (including phenoxy) is 1. The molecule has 1 aliphatic heterocycles. The predicted octanol–water partition coefficient (Wildman–Crippen LogP) is 2.42. The fraction of sp³-hybridized carbons (Fsp3) is 0.227. The van der Waals surface area contributed by atoms with Crippen molar-refractivity contribution in [2.24, 2.45) is 0 Å². The number of benzene rings is 2. The first-order valence-corrected chi connectivity index (χ1v) is 11.7. The molecule has 0 saturated heterocycles. The van der Waals surface area contributed by atoms with E-state index in [2.05, 4.69) is 25.9 Å². The first-order valence-electron chi connectivity index (χ1n) is 10.2. The minimum atomic E-state index is -3.76. The molecule has 0 fully saturated rings. The second kappa shape index (κ2) is 9.53. The molecule has 10 nitrogen and oxygen atoms in total. The number of methoxy groups -OCH3 is 1. The molecule has 4 rings (SSSR count). The fourth-order valence-electron chi connectivity index (χ4n) is 3.43. The smallest absolute Gasteiger partial charge is 0.251 e. The topological polar surface area (TPSA) is 132 Å². The normalized spacial score (nSPS) is 15.4. The van der Waals surface area contributed by atoms with Crippen molar-refractivity contribution in [2.45, 2.75) is 11.4 Å². The van der Waals surface area contributed by atoms with Crippen LogP contribution in [0.1, 0.15) is 16.1 Å². The lowest BCUT2D eigenvalue weighted by Crippen LogP contribution is -2.37. The van der Waals surface area contributed by atoms with Crippen LogP contribution in [0.4, 0.5) is 17.3 Å². The van der Waals surface area contributed by atoms with Gasteiger partial charge in [0.05, 0.1) is 37.8 Å². The lowest BCUT2D eigenvalue weighted by Gasteiger charge is -2.25. The Morgan fingerprint density at radius 2 is 2.06 bits per heavy atom. The van der Waals surface area contributed by atoms with Gasteiger partial charge in [0, 0.05) is 30.9 Å². The Morgan fingerprint density at radius 1 is 1.24 bits per heavy atom. The van der Waals surface area contributed by atoms with Crippen LogP contribution in [-0.4, -0.2) is 52.0 Å². The molecule has 11 heteroatoms. The average molecular weight is 469 g/mol. The third-order valence-corrected chi connectivity index (χ3v) is 7.00. The summed E-state index contributed by atoms with van der Waals surface area (Å²) in [5.41, 5.74) is 2.34. The number of hydrogen-bond donors (Lipinski definition) is 3. The van der Waals surface area contributed by atoms with Gasteiger partial charge >= 0.3 is 0 Å². The van der Waals surface area contributed by atoms with Crippen molar-refractivity contribution in [3.05, 3.63) is 66.0 Å². The zero-order valence-electron chi connectivity index (χ0n) is 18.2. The number of carbonyl (C=O) groups excluding carboxylic acids is 1. The monoisotopic (exact) mass is 468 g/mol. The molecule has 1 unspecified atom stereocenters. The summed E-state index contributed by atoms with van der Waals surface area (Å²) in [4.78, 5) is 20.9. The summed E-state index contributed by atoms with van der Waals surface area (Å²) in [6.45, 7) is 0.769. The van der Waals surface area contributed by atoms with Gasteiger partial charge in [0.1, 0.15) is 5.75 Å². The van der Waals surface area contributed by atoms with Gasteiger partial charge in [0.25, 0.3) is 5.91 Å². The highest BCUT2D eigenvalue weighted by molar-refractivity contribution is 7.95. The lowest BCUT2D eigenvalue weighted by molar-refractivity contribution is 0.0963. The molecule has 2 aromatic carbocycles. The maximum Gasteiger partial charge on any atom is 0.251 e. The van der Waals surface area contributed by atoms with E-state index < -0.39 is 10.4 Å². The minimum Gasteiger partial charge on any atom is -0.593 e. The Bertz CT molecular complexity index is 1220. The molecular formula is C22H24N6O4S. The zero-order chi connectivity index (χ0) is 23.4. The van der Waals surface area contributed by atoms with Gasteiger partial charge in [-0.1, -0.05) is 16.3 Å². The molecule has 1 atom stereocenters. The quantitative estimate of drug-likeness (QED) is 0.470. The summed E-state index contributed by atoms with van der Waals surface area (Å²) in [7, 11) is -0.703. The van der Waals surface area contributed by atoms with Crippen LogP contribution >= 0.6 is 0 Å². The number of amides is 1. The molecule has 172 valence electrons. The zero-order valence-corrected chi connectivity index (χ0v) is 19.0. The van der Waals surface area contributed by atoms with Crippen molar-refractivity contribution in [3.63, 3.8) is 0 Å². The molecule has 0 bridgehead atoms. The van der Waals surface area contributed by atoms with Gasteiger partial charge in [-0.3, -0.25) is 4.79 Å². The van der Waals surface area contributed by atoms with Gasteiger partial charge < -0.3 is 25.2 Å². The number of hydrogen-bond acceptors (Lipinski definition) is 8. The Balaban J connectivity index is 1.59. The first-order chi connectivity index (χ1) is 15.9. The first kappa shape index (κ1) is 22.6. The van der Waals surface area contributed by atoms with Crippen molar-refractivity contribution in [3.8, 4) is 5.75 Å². The number of carbonyl (C=O) groups is 1. The molecule has 0 saturated carbocycles. The van der Waals surface area contributed by atoms with Crippen molar-refractivity contribution in [2.75, 3.05) is 37.9 Å². The molecule has 2 heterocycles. The molecule has 0 aliphatic carbocycles. The van der Waals surface area contributed by atoms with Crippen LogP contribution in [0.25, 0.3) is 0 Å².